The van der Waals surface area contributed by atoms with Crippen LogP contribution in [0.25, 0.3) is 10.9 Å². The summed E-state index contributed by atoms with van der Waals surface area (Å²) in [6.07, 6.45) is 2.34. The summed E-state index contributed by atoms with van der Waals surface area (Å²) >= 11 is 5.84. The first-order valence-corrected chi connectivity index (χ1v) is 8.05. The van der Waals surface area contributed by atoms with Crippen LogP contribution < -0.4 is 5.32 Å². The van der Waals surface area contributed by atoms with Crippen LogP contribution in [0.4, 0.5) is 0 Å². The monoisotopic (exact) mass is 340 g/mol. The second-order valence-corrected chi connectivity index (χ2v) is 6.07. The minimum absolute atomic E-state index is 0.400. The molecular weight excluding hydrogens is 324 g/mol. The summed E-state index contributed by atoms with van der Waals surface area (Å²) in [5, 5.41) is 4.15. The number of carbonyl (C=O) groups excluding carboxylic acids is 2. The van der Waals surface area contributed by atoms with Gasteiger partial charge < -0.3 is 9.88 Å². The number of halogens is 1. The number of nitrogens with one attached hydrogen (secondary N) is 1. The Labute approximate surface area is 145 Å². The van der Waals surface area contributed by atoms with Crippen LogP contribution in [0.3, 0.4) is 0 Å². The van der Waals surface area contributed by atoms with Crippen molar-refractivity contribution in [2.24, 2.45) is 7.05 Å². The van der Waals surface area contributed by atoms with Crippen molar-refractivity contribution in [2.45, 2.75) is 6.42 Å². The molecule has 122 valence electrons. The van der Waals surface area contributed by atoms with Crippen LogP contribution in [0, 0.1) is 0 Å². The Kier molecular flexibility index (Phi) is 4.67. The lowest BCUT2D eigenvalue weighted by molar-refractivity contribution is -0.116. The van der Waals surface area contributed by atoms with E-state index in [4.69, 9.17) is 11.6 Å². The third-order valence-electron chi connectivity index (χ3n) is 3.96. The van der Waals surface area contributed by atoms with Gasteiger partial charge in [-0.05, 0) is 30.2 Å². The molecule has 24 heavy (non-hydrogen) atoms. The van der Waals surface area contributed by atoms with Crippen LogP contribution in [0.1, 0.15) is 15.9 Å². The molecule has 3 rings (SSSR count). The number of benzene rings is 2. The number of aryl methyl sites for hydroxylation is 1. The molecule has 0 atom stereocenters. The highest BCUT2D eigenvalue weighted by atomic mass is 35.5. The Balaban J connectivity index is 1.66. The summed E-state index contributed by atoms with van der Waals surface area (Å²) < 4.78 is 1.85. The number of amides is 1. The van der Waals surface area contributed by atoms with Crippen LogP contribution in [0.2, 0.25) is 5.02 Å². The van der Waals surface area contributed by atoms with Crippen molar-refractivity contribution < 1.29 is 9.59 Å². The van der Waals surface area contributed by atoms with Crippen LogP contribution >= 0.6 is 11.6 Å². The molecule has 4 nitrogen and oxygen atoms in total. The van der Waals surface area contributed by atoms with E-state index in [0.717, 1.165) is 16.5 Å². The summed E-state index contributed by atoms with van der Waals surface area (Å²) in [5.41, 5.74) is 2.41. The van der Waals surface area contributed by atoms with Crippen molar-refractivity contribution in [2.75, 3.05) is 6.54 Å². The largest absolute Gasteiger partial charge is 0.350 e. The average Bonchev–Trinajstić information content (AvgIpc) is 2.93. The molecule has 0 aliphatic heterocycles. The fourth-order valence-electron chi connectivity index (χ4n) is 2.70. The zero-order chi connectivity index (χ0) is 17.1. The highest BCUT2D eigenvalue weighted by molar-refractivity contribution is 6.45. The first kappa shape index (κ1) is 16.3. The van der Waals surface area contributed by atoms with Crippen molar-refractivity contribution in [1.82, 2.24) is 9.88 Å². The summed E-state index contributed by atoms with van der Waals surface area (Å²) in [6, 6.07) is 15.0. The Bertz CT molecular complexity index is 897. The van der Waals surface area contributed by atoms with Crippen molar-refractivity contribution in [3.8, 4) is 0 Å². The van der Waals surface area contributed by atoms with Crippen LogP contribution in [0.5, 0.6) is 0 Å². The summed E-state index contributed by atoms with van der Waals surface area (Å²) in [5.74, 6) is -1.09. The first-order chi connectivity index (χ1) is 11.6. The smallest absolute Gasteiger partial charge is 0.292 e. The van der Waals surface area contributed by atoms with Crippen molar-refractivity contribution in [1.29, 1.82) is 0 Å². The van der Waals surface area contributed by atoms with Crippen LogP contribution in [0.15, 0.2) is 54.7 Å². The molecule has 0 aliphatic rings. The lowest BCUT2D eigenvalue weighted by Crippen LogP contribution is -2.32. The molecule has 0 fully saturated rings. The van der Waals surface area contributed by atoms with Gasteiger partial charge in [-0.3, -0.25) is 9.59 Å². The predicted molar refractivity (Wildman–Crippen MR) is 95.4 cm³/mol. The number of Topliss-reactive ketones (excluding diaryl/α,β-unsaturated/α-hetero) is 1. The zero-order valence-electron chi connectivity index (χ0n) is 13.3. The molecule has 0 unspecified atom stereocenters. The molecule has 0 saturated carbocycles. The van der Waals surface area contributed by atoms with E-state index in [0.29, 0.717) is 23.6 Å². The van der Waals surface area contributed by atoms with E-state index in [9.17, 15) is 9.59 Å². The topological polar surface area (TPSA) is 51.1 Å². The molecule has 1 amide bonds. The maximum Gasteiger partial charge on any atom is 0.292 e. The SMILES string of the molecule is Cn1cc(C(=O)C(=O)NCCc2ccc(Cl)cc2)c2ccccc21. The maximum atomic E-state index is 12.4. The minimum atomic E-state index is -0.583. The standard InChI is InChI=1S/C19H17ClN2O2/c1-22-12-16(15-4-2-3-5-17(15)22)18(23)19(24)21-11-10-13-6-8-14(20)9-7-13/h2-9,12H,10-11H2,1H3,(H,21,24). The fourth-order valence-corrected chi connectivity index (χ4v) is 2.82. The van der Waals surface area contributed by atoms with Gasteiger partial charge in [0.05, 0.1) is 5.56 Å². The van der Waals surface area contributed by atoms with Gasteiger partial charge in [-0.1, -0.05) is 41.9 Å². The van der Waals surface area contributed by atoms with Gasteiger partial charge in [0.2, 0.25) is 0 Å². The van der Waals surface area contributed by atoms with Gasteiger partial charge in [-0.2, -0.15) is 0 Å². The average molecular weight is 341 g/mol. The highest BCUT2D eigenvalue weighted by Gasteiger charge is 2.20. The van der Waals surface area contributed by atoms with Crippen molar-refractivity contribution in [3.05, 3.63) is 70.9 Å². The zero-order valence-corrected chi connectivity index (χ0v) is 14.0. The second kappa shape index (κ2) is 6.89. The number of rotatable bonds is 5. The summed E-state index contributed by atoms with van der Waals surface area (Å²) in [4.78, 5) is 24.6. The van der Waals surface area contributed by atoms with Crippen molar-refractivity contribution >= 4 is 34.2 Å². The fraction of sp³-hybridized carbons (Fsp3) is 0.158. The molecule has 1 heterocycles. The number of hydrogen-bond acceptors (Lipinski definition) is 2. The van der Waals surface area contributed by atoms with E-state index in [2.05, 4.69) is 5.32 Å². The predicted octanol–water partition coefficient (Wildman–Crippen LogP) is 3.37. The van der Waals surface area contributed by atoms with Gasteiger partial charge in [0, 0.05) is 35.7 Å². The number of para-hydroxylation sites is 1. The third-order valence-corrected chi connectivity index (χ3v) is 4.21. The summed E-state index contributed by atoms with van der Waals surface area (Å²) in [6.45, 7) is 0.400. The summed E-state index contributed by atoms with van der Waals surface area (Å²) in [7, 11) is 1.86. The highest BCUT2D eigenvalue weighted by Crippen LogP contribution is 2.20. The van der Waals surface area contributed by atoms with E-state index in [1.807, 2.05) is 48.0 Å². The molecular formula is C19H17ClN2O2. The maximum absolute atomic E-state index is 12.4. The lowest BCUT2D eigenvalue weighted by atomic mass is 10.1. The number of ketones is 1. The van der Waals surface area contributed by atoms with E-state index < -0.39 is 11.7 Å². The first-order valence-electron chi connectivity index (χ1n) is 7.67. The second-order valence-electron chi connectivity index (χ2n) is 5.63. The number of carbonyl (C=O) groups is 2. The number of fused-ring (bicyclic) bond motifs is 1. The number of nitrogens with zero attached hydrogens (tertiary/aromatic N) is 1. The molecule has 0 bridgehead atoms. The van der Waals surface area contributed by atoms with E-state index in [-0.39, 0.29) is 0 Å². The molecule has 1 N–H and O–H groups in total. The van der Waals surface area contributed by atoms with Crippen LogP contribution in [-0.2, 0) is 18.3 Å². The van der Waals surface area contributed by atoms with E-state index in [1.165, 1.54) is 0 Å². The Hall–Kier alpha value is -2.59. The molecule has 3 aromatic rings. The van der Waals surface area contributed by atoms with Gasteiger partial charge in [0.15, 0.2) is 0 Å². The van der Waals surface area contributed by atoms with Gasteiger partial charge in [-0.25, -0.2) is 0 Å². The number of aromatic nitrogens is 1. The molecule has 2 aromatic carbocycles. The molecule has 0 radical (unpaired) electrons. The molecule has 0 aliphatic carbocycles. The van der Waals surface area contributed by atoms with E-state index >= 15 is 0 Å². The van der Waals surface area contributed by atoms with Crippen molar-refractivity contribution in [3.63, 3.8) is 0 Å². The van der Waals surface area contributed by atoms with Gasteiger partial charge in [-0.15, -0.1) is 0 Å². The third kappa shape index (κ3) is 3.34. The minimum Gasteiger partial charge on any atom is -0.350 e. The molecule has 1 aromatic heterocycles. The normalized spacial score (nSPS) is 10.8. The Morgan fingerprint density at radius 3 is 2.54 bits per heavy atom. The van der Waals surface area contributed by atoms with Gasteiger partial charge >= 0.3 is 0 Å². The Morgan fingerprint density at radius 2 is 1.79 bits per heavy atom. The molecule has 5 heteroatoms. The molecule has 0 saturated heterocycles. The Morgan fingerprint density at radius 1 is 1.08 bits per heavy atom. The quantitative estimate of drug-likeness (QED) is 0.572. The molecule has 0 spiro atoms. The van der Waals surface area contributed by atoms with E-state index in [1.54, 1.807) is 18.3 Å². The lowest BCUT2D eigenvalue weighted by Gasteiger charge is -2.04. The number of hydrogen-bond donors (Lipinski definition) is 1. The van der Waals surface area contributed by atoms with Gasteiger partial charge in [0.1, 0.15) is 0 Å². The van der Waals surface area contributed by atoms with Gasteiger partial charge in [0.25, 0.3) is 11.7 Å². The van der Waals surface area contributed by atoms with Crippen LogP contribution in [-0.4, -0.2) is 22.8 Å².